The normalized spacial score (nSPS) is 12.2. The summed E-state index contributed by atoms with van der Waals surface area (Å²) in [4.78, 5) is 0. The number of hydrogen-bond acceptors (Lipinski definition) is 3. The van der Waals surface area contributed by atoms with E-state index in [9.17, 15) is 0 Å². The number of halogens is 1. The average Bonchev–Trinajstić information content (AvgIpc) is 2.27. The van der Waals surface area contributed by atoms with Crippen molar-refractivity contribution in [1.29, 1.82) is 0 Å². The van der Waals surface area contributed by atoms with Gasteiger partial charge in [-0.15, -0.1) is 0 Å². The highest BCUT2D eigenvalue weighted by Crippen LogP contribution is 2.22. The van der Waals surface area contributed by atoms with Gasteiger partial charge in [0, 0.05) is 23.7 Å². The van der Waals surface area contributed by atoms with Crippen LogP contribution in [-0.2, 0) is 6.54 Å². The van der Waals surface area contributed by atoms with E-state index in [1.807, 2.05) is 12.1 Å². The lowest BCUT2D eigenvalue weighted by Gasteiger charge is -2.12. The van der Waals surface area contributed by atoms with E-state index >= 15 is 0 Å². The van der Waals surface area contributed by atoms with Gasteiger partial charge in [0.05, 0.1) is 6.10 Å². The first-order chi connectivity index (χ1) is 8.13. The topological polar surface area (TPSA) is 41.5 Å². The minimum absolute atomic E-state index is 0.369. The molecule has 1 rings (SSSR count). The molecule has 0 heterocycles. The zero-order chi connectivity index (χ0) is 12.7. The Labute approximate surface area is 107 Å². The van der Waals surface area contributed by atoms with Crippen molar-refractivity contribution in [3.8, 4) is 5.75 Å². The molecule has 0 aromatic heterocycles. The first-order valence-electron chi connectivity index (χ1n) is 5.54. The predicted octanol–water partition coefficient (Wildman–Crippen LogP) is 2.38. The lowest BCUT2D eigenvalue weighted by Crippen LogP contribution is -2.24. The number of aliphatic hydroxyl groups is 1. The monoisotopic (exact) mass is 255 g/mol. The van der Waals surface area contributed by atoms with Gasteiger partial charge in [-0.3, -0.25) is 0 Å². The Morgan fingerprint density at radius 2 is 2.35 bits per heavy atom. The van der Waals surface area contributed by atoms with Gasteiger partial charge in [0.25, 0.3) is 0 Å². The van der Waals surface area contributed by atoms with Gasteiger partial charge in [0.2, 0.25) is 0 Å². The minimum atomic E-state index is -0.369. The Morgan fingerprint density at radius 1 is 1.59 bits per heavy atom. The molecular weight excluding hydrogens is 238 g/mol. The lowest BCUT2D eigenvalue weighted by molar-refractivity contribution is 0.190. The second-order valence-electron chi connectivity index (χ2n) is 3.83. The zero-order valence-electron chi connectivity index (χ0n) is 9.95. The third-order valence-electron chi connectivity index (χ3n) is 2.13. The largest absolute Gasteiger partial charge is 0.489 e. The molecule has 0 saturated carbocycles. The van der Waals surface area contributed by atoms with E-state index in [1.165, 1.54) is 0 Å². The van der Waals surface area contributed by atoms with E-state index < -0.39 is 0 Å². The maximum Gasteiger partial charge on any atom is 0.124 e. The molecule has 0 amide bonds. The van der Waals surface area contributed by atoms with Crippen molar-refractivity contribution >= 4 is 11.6 Å². The standard InChI is InChI=1S/C13H18ClNO2/c1-3-6-17-13-5-4-12(14)7-11(13)9-15-8-10(2)16/h3-5,7,10,15-16H,1,6,8-9H2,2H3. The molecule has 0 aliphatic rings. The van der Waals surface area contributed by atoms with Crippen LogP contribution in [0.3, 0.4) is 0 Å². The number of ether oxygens (including phenoxy) is 1. The van der Waals surface area contributed by atoms with Gasteiger partial charge in [-0.25, -0.2) is 0 Å². The van der Waals surface area contributed by atoms with Crippen molar-refractivity contribution in [3.05, 3.63) is 41.4 Å². The number of hydrogen-bond donors (Lipinski definition) is 2. The predicted molar refractivity (Wildman–Crippen MR) is 70.5 cm³/mol. The maximum atomic E-state index is 9.16. The van der Waals surface area contributed by atoms with Crippen molar-refractivity contribution in [2.75, 3.05) is 13.2 Å². The SMILES string of the molecule is C=CCOc1ccc(Cl)cc1CNCC(C)O. The van der Waals surface area contributed by atoms with Gasteiger partial charge < -0.3 is 15.2 Å². The highest BCUT2D eigenvalue weighted by atomic mass is 35.5. The molecule has 17 heavy (non-hydrogen) atoms. The van der Waals surface area contributed by atoms with Crippen LogP contribution in [0.1, 0.15) is 12.5 Å². The molecule has 1 aromatic rings. The molecule has 0 radical (unpaired) electrons. The molecule has 0 spiro atoms. The van der Waals surface area contributed by atoms with E-state index in [1.54, 1.807) is 19.1 Å². The van der Waals surface area contributed by atoms with E-state index in [2.05, 4.69) is 11.9 Å². The summed E-state index contributed by atoms with van der Waals surface area (Å²) in [7, 11) is 0. The number of nitrogens with one attached hydrogen (secondary N) is 1. The van der Waals surface area contributed by atoms with Crippen LogP contribution in [0.2, 0.25) is 5.02 Å². The Hall–Kier alpha value is -1.03. The summed E-state index contributed by atoms with van der Waals surface area (Å²) >= 11 is 5.94. The average molecular weight is 256 g/mol. The van der Waals surface area contributed by atoms with E-state index in [4.69, 9.17) is 21.4 Å². The van der Waals surface area contributed by atoms with Crippen LogP contribution < -0.4 is 10.1 Å². The number of benzene rings is 1. The Morgan fingerprint density at radius 3 is 3.00 bits per heavy atom. The fraction of sp³-hybridized carbons (Fsp3) is 0.385. The fourth-order valence-corrected chi connectivity index (χ4v) is 1.59. The fourth-order valence-electron chi connectivity index (χ4n) is 1.39. The zero-order valence-corrected chi connectivity index (χ0v) is 10.7. The molecule has 3 nitrogen and oxygen atoms in total. The molecule has 4 heteroatoms. The Bertz CT molecular complexity index is 366. The minimum Gasteiger partial charge on any atom is -0.489 e. The van der Waals surface area contributed by atoms with Crippen molar-refractivity contribution in [2.24, 2.45) is 0 Å². The Balaban J connectivity index is 2.65. The van der Waals surface area contributed by atoms with Gasteiger partial charge >= 0.3 is 0 Å². The lowest BCUT2D eigenvalue weighted by atomic mass is 10.2. The highest BCUT2D eigenvalue weighted by Gasteiger charge is 2.05. The smallest absolute Gasteiger partial charge is 0.124 e. The highest BCUT2D eigenvalue weighted by molar-refractivity contribution is 6.30. The summed E-state index contributed by atoms with van der Waals surface area (Å²) in [5.41, 5.74) is 0.972. The maximum absolute atomic E-state index is 9.16. The van der Waals surface area contributed by atoms with Crippen molar-refractivity contribution in [2.45, 2.75) is 19.6 Å². The molecule has 0 aliphatic carbocycles. The molecule has 0 bridgehead atoms. The van der Waals surface area contributed by atoms with Gasteiger partial charge in [-0.05, 0) is 25.1 Å². The van der Waals surface area contributed by atoms with Gasteiger partial charge in [-0.1, -0.05) is 24.3 Å². The summed E-state index contributed by atoms with van der Waals surface area (Å²) in [6.07, 6.45) is 1.33. The first-order valence-corrected chi connectivity index (χ1v) is 5.92. The second kappa shape index (κ2) is 7.33. The molecule has 0 saturated heterocycles. The van der Waals surface area contributed by atoms with Crippen LogP contribution in [0.25, 0.3) is 0 Å². The van der Waals surface area contributed by atoms with Gasteiger partial charge in [0.15, 0.2) is 0 Å². The summed E-state index contributed by atoms with van der Waals surface area (Å²) in [5, 5.41) is 13.0. The summed E-state index contributed by atoms with van der Waals surface area (Å²) in [6.45, 7) is 6.95. The summed E-state index contributed by atoms with van der Waals surface area (Å²) in [6, 6.07) is 5.48. The van der Waals surface area contributed by atoms with Crippen LogP contribution in [0, 0.1) is 0 Å². The summed E-state index contributed by atoms with van der Waals surface area (Å²) < 4.78 is 5.52. The van der Waals surface area contributed by atoms with Crippen LogP contribution in [0.5, 0.6) is 5.75 Å². The Kier molecular flexibility index (Phi) is 6.05. The van der Waals surface area contributed by atoms with Crippen LogP contribution >= 0.6 is 11.6 Å². The summed E-state index contributed by atoms with van der Waals surface area (Å²) in [5.74, 6) is 0.785. The molecule has 2 N–H and O–H groups in total. The van der Waals surface area contributed by atoms with E-state index in [0.29, 0.717) is 24.7 Å². The van der Waals surface area contributed by atoms with Crippen molar-refractivity contribution in [3.63, 3.8) is 0 Å². The molecule has 1 atom stereocenters. The van der Waals surface area contributed by atoms with E-state index in [0.717, 1.165) is 11.3 Å². The van der Waals surface area contributed by atoms with Crippen LogP contribution in [-0.4, -0.2) is 24.4 Å². The molecule has 1 unspecified atom stereocenters. The van der Waals surface area contributed by atoms with Gasteiger partial charge in [0.1, 0.15) is 12.4 Å². The number of rotatable bonds is 7. The molecule has 0 aliphatic heterocycles. The third-order valence-corrected chi connectivity index (χ3v) is 2.37. The van der Waals surface area contributed by atoms with Gasteiger partial charge in [-0.2, -0.15) is 0 Å². The molecule has 0 fully saturated rings. The second-order valence-corrected chi connectivity index (χ2v) is 4.27. The van der Waals surface area contributed by atoms with Crippen LogP contribution in [0.4, 0.5) is 0 Å². The molecule has 1 aromatic carbocycles. The third kappa shape index (κ3) is 5.22. The van der Waals surface area contributed by atoms with Crippen molar-refractivity contribution in [1.82, 2.24) is 5.32 Å². The first kappa shape index (κ1) is 14.0. The number of aliphatic hydroxyl groups excluding tert-OH is 1. The van der Waals surface area contributed by atoms with E-state index in [-0.39, 0.29) is 6.10 Å². The molecule has 94 valence electrons. The molecular formula is C13H18ClNO2. The quantitative estimate of drug-likeness (QED) is 0.735. The van der Waals surface area contributed by atoms with Crippen molar-refractivity contribution < 1.29 is 9.84 Å². The van der Waals surface area contributed by atoms with Crippen LogP contribution in [0.15, 0.2) is 30.9 Å².